The second-order valence-corrected chi connectivity index (χ2v) is 6.64. The molecule has 3 aromatic rings. The summed E-state index contributed by atoms with van der Waals surface area (Å²) in [6, 6.07) is 16.5. The van der Waals surface area contributed by atoms with Crippen molar-refractivity contribution in [1.29, 1.82) is 0 Å². The molecule has 0 radical (unpaired) electrons. The molecular weight excluding hydrogens is 362 g/mol. The molecule has 0 bridgehead atoms. The van der Waals surface area contributed by atoms with Gasteiger partial charge in [0, 0.05) is 43.4 Å². The number of pyridine rings is 1. The number of nitrogens with zero attached hydrogens (tertiary/aromatic N) is 2. The molecule has 0 amide bonds. The minimum Gasteiger partial charge on any atom is -0.493 e. The first-order chi connectivity index (χ1) is 13.6. The van der Waals surface area contributed by atoms with Gasteiger partial charge in [-0.05, 0) is 11.1 Å². The zero-order chi connectivity index (χ0) is 19.5. The van der Waals surface area contributed by atoms with E-state index in [2.05, 4.69) is 4.98 Å². The SMILES string of the molecule is COc1cc(N2CCc3nc(OCc4ccccc4)ccc3C2)cc(F)c1F. The molecule has 0 spiro atoms. The lowest BCUT2D eigenvalue weighted by Crippen LogP contribution is -2.31. The molecule has 6 heteroatoms. The Morgan fingerprint density at radius 2 is 1.89 bits per heavy atom. The van der Waals surface area contributed by atoms with E-state index in [9.17, 15) is 8.78 Å². The van der Waals surface area contributed by atoms with Crippen LogP contribution in [-0.2, 0) is 19.6 Å². The Hall–Kier alpha value is -3.15. The number of hydrogen-bond acceptors (Lipinski definition) is 4. The maximum atomic E-state index is 13.8. The normalized spacial score (nSPS) is 13.2. The first-order valence-corrected chi connectivity index (χ1v) is 9.07. The minimum absolute atomic E-state index is 0.0939. The van der Waals surface area contributed by atoms with Crippen molar-refractivity contribution < 1.29 is 18.3 Å². The Balaban J connectivity index is 1.48. The summed E-state index contributed by atoms with van der Waals surface area (Å²) in [5.74, 6) is -1.39. The average molecular weight is 382 g/mol. The molecule has 2 aromatic carbocycles. The van der Waals surface area contributed by atoms with Gasteiger partial charge in [-0.2, -0.15) is 4.39 Å². The lowest BCUT2D eigenvalue weighted by Gasteiger charge is -2.30. The van der Waals surface area contributed by atoms with E-state index < -0.39 is 11.6 Å². The van der Waals surface area contributed by atoms with Gasteiger partial charge < -0.3 is 14.4 Å². The van der Waals surface area contributed by atoms with Crippen LogP contribution < -0.4 is 14.4 Å². The van der Waals surface area contributed by atoms with Crippen LogP contribution in [0.25, 0.3) is 0 Å². The van der Waals surface area contributed by atoms with E-state index in [0.29, 0.717) is 37.7 Å². The van der Waals surface area contributed by atoms with Crippen molar-refractivity contribution in [1.82, 2.24) is 4.98 Å². The van der Waals surface area contributed by atoms with Gasteiger partial charge in [0.1, 0.15) is 6.61 Å². The fraction of sp³-hybridized carbons (Fsp3) is 0.227. The number of fused-ring (bicyclic) bond motifs is 1. The quantitative estimate of drug-likeness (QED) is 0.650. The van der Waals surface area contributed by atoms with E-state index >= 15 is 0 Å². The number of hydrogen-bond donors (Lipinski definition) is 0. The molecule has 1 aliphatic rings. The first kappa shape index (κ1) is 18.2. The molecule has 4 nitrogen and oxygen atoms in total. The van der Waals surface area contributed by atoms with Crippen molar-refractivity contribution in [2.45, 2.75) is 19.6 Å². The molecule has 0 aliphatic carbocycles. The molecule has 28 heavy (non-hydrogen) atoms. The highest BCUT2D eigenvalue weighted by atomic mass is 19.2. The van der Waals surface area contributed by atoms with Crippen LogP contribution in [-0.4, -0.2) is 18.6 Å². The van der Waals surface area contributed by atoms with E-state index in [-0.39, 0.29) is 5.75 Å². The van der Waals surface area contributed by atoms with Crippen molar-refractivity contribution >= 4 is 5.69 Å². The molecule has 0 unspecified atom stereocenters. The molecule has 0 saturated heterocycles. The van der Waals surface area contributed by atoms with Gasteiger partial charge in [-0.15, -0.1) is 0 Å². The average Bonchev–Trinajstić information content (AvgIpc) is 2.74. The van der Waals surface area contributed by atoms with Gasteiger partial charge in [-0.1, -0.05) is 36.4 Å². The van der Waals surface area contributed by atoms with Gasteiger partial charge in [0.15, 0.2) is 11.6 Å². The number of halogens is 2. The van der Waals surface area contributed by atoms with Crippen LogP contribution >= 0.6 is 0 Å². The van der Waals surface area contributed by atoms with Crippen molar-refractivity contribution in [2.24, 2.45) is 0 Å². The number of benzene rings is 2. The van der Waals surface area contributed by atoms with Gasteiger partial charge in [-0.25, -0.2) is 9.37 Å². The van der Waals surface area contributed by atoms with Gasteiger partial charge in [0.2, 0.25) is 11.7 Å². The Labute approximate surface area is 162 Å². The number of aromatic nitrogens is 1. The lowest BCUT2D eigenvalue weighted by molar-refractivity contribution is 0.292. The predicted molar refractivity (Wildman–Crippen MR) is 103 cm³/mol. The zero-order valence-corrected chi connectivity index (χ0v) is 15.5. The van der Waals surface area contributed by atoms with Gasteiger partial charge in [0.05, 0.1) is 12.8 Å². The molecular formula is C22H20F2N2O2. The number of anilines is 1. The molecule has 2 heterocycles. The Morgan fingerprint density at radius 1 is 1.07 bits per heavy atom. The van der Waals surface area contributed by atoms with Crippen LogP contribution in [0.15, 0.2) is 54.6 Å². The molecule has 1 aromatic heterocycles. The van der Waals surface area contributed by atoms with Crippen molar-refractivity contribution in [3.05, 3.63) is 83.1 Å². The molecule has 0 saturated carbocycles. The largest absolute Gasteiger partial charge is 0.493 e. The maximum absolute atomic E-state index is 13.8. The molecule has 144 valence electrons. The van der Waals surface area contributed by atoms with Crippen LogP contribution in [0, 0.1) is 11.6 Å². The zero-order valence-electron chi connectivity index (χ0n) is 15.5. The Bertz CT molecular complexity index is 980. The summed E-state index contributed by atoms with van der Waals surface area (Å²) in [5.41, 5.74) is 3.68. The van der Waals surface area contributed by atoms with E-state index in [4.69, 9.17) is 9.47 Å². The fourth-order valence-electron chi connectivity index (χ4n) is 3.31. The van der Waals surface area contributed by atoms with E-state index in [1.165, 1.54) is 19.2 Å². The van der Waals surface area contributed by atoms with Crippen LogP contribution in [0.1, 0.15) is 16.8 Å². The number of methoxy groups -OCH3 is 1. The third-order valence-electron chi connectivity index (χ3n) is 4.82. The molecule has 0 fully saturated rings. The molecule has 0 N–H and O–H groups in total. The summed E-state index contributed by atoms with van der Waals surface area (Å²) in [6.07, 6.45) is 0.694. The molecule has 0 atom stereocenters. The lowest BCUT2D eigenvalue weighted by atomic mass is 10.0. The second-order valence-electron chi connectivity index (χ2n) is 6.64. The first-order valence-electron chi connectivity index (χ1n) is 9.07. The number of rotatable bonds is 5. The van der Waals surface area contributed by atoms with Crippen LogP contribution in [0.3, 0.4) is 0 Å². The Kier molecular flexibility index (Phi) is 5.10. The standard InChI is InChI=1S/C22H20F2N2O2/c1-27-20-12-17(11-18(23)22(20)24)26-10-9-19-16(13-26)7-8-21(25-19)28-14-15-5-3-2-4-6-15/h2-8,11-12H,9-10,13-14H2,1H3. The topological polar surface area (TPSA) is 34.6 Å². The minimum atomic E-state index is -0.967. The Morgan fingerprint density at radius 3 is 2.68 bits per heavy atom. The van der Waals surface area contributed by atoms with Crippen molar-refractivity contribution in [3.8, 4) is 11.6 Å². The summed E-state index contributed by atoms with van der Waals surface area (Å²) >= 11 is 0. The second kappa shape index (κ2) is 7.84. The van der Waals surface area contributed by atoms with E-state index in [0.717, 1.165) is 16.8 Å². The summed E-state index contributed by atoms with van der Waals surface area (Å²) < 4.78 is 38.3. The highest BCUT2D eigenvalue weighted by Crippen LogP contribution is 2.31. The monoisotopic (exact) mass is 382 g/mol. The van der Waals surface area contributed by atoms with Gasteiger partial charge in [0.25, 0.3) is 0 Å². The summed E-state index contributed by atoms with van der Waals surface area (Å²) in [7, 11) is 1.33. The smallest absolute Gasteiger partial charge is 0.213 e. The highest BCUT2D eigenvalue weighted by Gasteiger charge is 2.21. The third kappa shape index (κ3) is 3.76. The fourth-order valence-corrected chi connectivity index (χ4v) is 3.31. The summed E-state index contributed by atoms with van der Waals surface area (Å²) in [4.78, 5) is 6.60. The van der Waals surface area contributed by atoms with Crippen molar-refractivity contribution in [2.75, 3.05) is 18.6 Å². The van der Waals surface area contributed by atoms with Crippen LogP contribution in [0.5, 0.6) is 11.6 Å². The highest BCUT2D eigenvalue weighted by molar-refractivity contribution is 5.53. The van der Waals surface area contributed by atoms with Crippen LogP contribution in [0.4, 0.5) is 14.5 Å². The van der Waals surface area contributed by atoms with Gasteiger partial charge in [-0.3, -0.25) is 0 Å². The predicted octanol–water partition coefficient (Wildman–Crippen LogP) is 4.51. The molecule has 4 rings (SSSR count). The summed E-state index contributed by atoms with van der Waals surface area (Å²) in [5, 5.41) is 0. The molecule has 1 aliphatic heterocycles. The van der Waals surface area contributed by atoms with E-state index in [1.54, 1.807) is 0 Å². The summed E-state index contributed by atoms with van der Waals surface area (Å²) in [6.45, 7) is 1.68. The van der Waals surface area contributed by atoms with Gasteiger partial charge >= 0.3 is 0 Å². The van der Waals surface area contributed by atoms with E-state index in [1.807, 2.05) is 47.4 Å². The maximum Gasteiger partial charge on any atom is 0.213 e. The van der Waals surface area contributed by atoms with Crippen LogP contribution in [0.2, 0.25) is 0 Å². The third-order valence-corrected chi connectivity index (χ3v) is 4.82. The van der Waals surface area contributed by atoms with Crippen molar-refractivity contribution in [3.63, 3.8) is 0 Å². The number of ether oxygens (including phenoxy) is 2.